The van der Waals surface area contributed by atoms with Gasteiger partial charge in [0.15, 0.2) is 0 Å². The Labute approximate surface area is 118 Å². The number of nitrogens with zero attached hydrogens (tertiary/aromatic N) is 1. The zero-order valence-electron chi connectivity index (χ0n) is 9.86. The minimum Gasteiger partial charge on any atom is -0.481 e. The molecule has 1 aliphatic rings. The third-order valence-electron chi connectivity index (χ3n) is 3.25. The first kappa shape index (κ1) is 13.7. The van der Waals surface area contributed by atoms with E-state index in [9.17, 15) is 14.7 Å². The van der Waals surface area contributed by atoms with Gasteiger partial charge in [0.05, 0.1) is 11.8 Å². The predicted molar refractivity (Wildman–Crippen MR) is 70.7 cm³/mol. The molecular formula is C13H12BrNO4. The first-order valence-electron chi connectivity index (χ1n) is 5.74. The molecule has 0 aliphatic heterocycles. The minimum absolute atomic E-state index is 0.235. The molecule has 0 radical (unpaired) electrons. The number of halogens is 1. The Morgan fingerprint density at radius 2 is 2.00 bits per heavy atom. The highest BCUT2D eigenvalue weighted by molar-refractivity contribution is 9.10. The minimum atomic E-state index is -1.11. The second-order valence-electron chi connectivity index (χ2n) is 4.40. The molecule has 19 heavy (non-hydrogen) atoms. The van der Waals surface area contributed by atoms with Crippen molar-refractivity contribution in [2.45, 2.75) is 12.3 Å². The van der Waals surface area contributed by atoms with E-state index < -0.39 is 29.7 Å². The van der Waals surface area contributed by atoms with E-state index in [0.29, 0.717) is 5.69 Å². The van der Waals surface area contributed by atoms with Crippen molar-refractivity contribution in [2.24, 2.45) is 11.8 Å². The lowest BCUT2D eigenvalue weighted by atomic mass is 9.74. The van der Waals surface area contributed by atoms with Gasteiger partial charge in [0.2, 0.25) is 0 Å². The van der Waals surface area contributed by atoms with Gasteiger partial charge in [-0.05, 0) is 34.5 Å². The number of hydrogen-bond acceptors (Lipinski definition) is 3. The van der Waals surface area contributed by atoms with Crippen LogP contribution in [-0.2, 0) is 9.59 Å². The maximum Gasteiger partial charge on any atom is 0.308 e. The molecule has 6 heteroatoms. The van der Waals surface area contributed by atoms with Gasteiger partial charge in [-0.1, -0.05) is 12.2 Å². The number of pyridine rings is 1. The molecule has 0 saturated carbocycles. The number of carbonyl (C=O) groups is 2. The molecule has 1 aliphatic carbocycles. The van der Waals surface area contributed by atoms with Crippen LogP contribution < -0.4 is 0 Å². The first-order chi connectivity index (χ1) is 9.00. The molecule has 0 fully saturated rings. The Balaban J connectivity index is 2.39. The molecule has 0 amide bonds. The first-order valence-corrected chi connectivity index (χ1v) is 6.53. The van der Waals surface area contributed by atoms with Crippen LogP contribution >= 0.6 is 15.9 Å². The van der Waals surface area contributed by atoms with Crippen LogP contribution in [0.15, 0.2) is 35.0 Å². The van der Waals surface area contributed by atoms with Gasteiger partial charge in [0, 0.05) is 22.3 Å². The average molecular weight is 326 g/mol. The van der Waals surface area contributed by atoms with Crippen molar-refractivity contribution in [3.8, 4) is 0 Å². The van der Waals surface area contributed by atoms with E-state index in [0.717, 1.165) is 4.47 Å². The summed E-state index contributed by atoms with van der Waals surface area (Å²) in [6.45, 7) is 0. The molecule has 1 aromatic rings. The van der Waals surface area contributed by atoms with Crippen molar-refractivity contribution < 1.29 is 19.8 Å². The van der Waals surface area contributed by atoms with Crippen LogP contribution in [0.5, 0.6) is 0 Å². The largest absolute Gasteiger partial charge is 0.481 e. The van der Waals surface area contributed by atoms with Gasteiger partial charge < -0.3 is 10.2 Å². The number of aliphatic carboxylic acids is 2. The maximum atomic E-state index is 11.4. The number of aromatic nitrogens is 1. The van der Waals surface area contributed by atoms with Crippen LogP contribution in [0.2, 0.25) is 0 Å². The fourth-order valence-corrected chi connectivity index (χ4v) is 2.57. The van der Waals surface area contributed by atoms with E-state index in [2.05, 4.69) is 20.9 Å². The van der Waals surface area contributed by atoms with Gasteiger partial charge in [-0.15, -0.1) is 0 Å². The molecule has 5 nitrogen and oxygen atoms in total. The van der Waals surface area contributed by atoms with Crippen LogP contribution in [-0.4, -0.2) is 27.1 Å². The van der Waals surface area contributed by atoms with Crippen molar-refractivity contribution in [3.63, 3.8) is 0 Å². The fourth-order valence-electron chi connectivity index (χ4n) is 2.34. The van der Waals surface area contributed by atoms with Gasteiger partial charge in [-0.25, -0.2) is 0 Å². The second kappa shape index (κ2) is 5.52. The third kappa shape index (κ3) is 2.84. The SMILES string of the molecule is O=C(O)C1CC=C[C@H](c2ccc(Br)cn2)C1C(=O)O. The van der Waals surface area contributed by atoms with Crippen LogP contribution in [0.1, 0.15) is 18.0 Å². The van der Waals surface area contributed by atoms with Crippen molar-refractivity contribution in [3.05, 3.63) is 40.6 Å². The van der Waals surface area contributed by atoms with Crippen LogP contribution in [0.3, 0.4) is 0 Å². The summed E-state index contributed by atoms with van der Waals surface area (Å²) in [6, 6.07) is 3.47. The molecular weight excluding hydrogens is 314 g/mol. The van der Waals surface area contributed by atoms with Crippen LogP contribution in [0, 0.1) is 11.8 Å². The summed E-state index contributed by atoms with van der Waals surface area (Å²) in [5.41, 5.74) is 0.567. The zero-order valence-corrected chi connectivity index (χ0v) is 11.4. The fraction of sp³-hybridized carbons (Fsp3) is 0.308. The Bertz CT molecular complexity index is 526. The highest BCUT2D eigenvalue weighted by Gasteiger charge is 2.41. The molecule has 3 atom stereocenters. The summed E-state index contributed by atoms with van der Waals surface area (Å²) in [4.78, 5) is 26.7. The smallest absolute Gasteiger partial charge is 0.308 e. The van der Waals surface area contributed by atoms with Crippen molar-refractivity contribution in [1.82, 2.24) is 4.98 Å². The molecule has 0 aromatic carbocycles. The van der Waals surface area contributed by atoms with Gasteiger partial charge in [-0.2, -0.15) is 0 Å². The zero-order chi connectivity index (χ0) is 14.0. The normalized spacial score (nSPS) is 26.1. The molecule has 0 bridgehead atoms. The van der Waals surface area contributed by atoms with E-state index in [4.69, 9.17) is 5.11 Å². The number of allylic oxidation sites excluding steroid dienone is 2. The Morgan fingerprint density at radius 3 is 2.53 bits per heavy atom. The molecule has 0 spiro atoms. The van der Waals surface area contributed by atoms with Gasteiger partial charge in [0.25, 0.3) is 0 Å². The number of hydrogen-bond donors (Lipinski definition) is 2. The van der Waals surface area contributed by atoms with Crippen LogP contribution in [0.4, 0.5) is 0 Å². The lowest BCUT2D eigenvalue weighted by Crippen LogP contribution is -2.36. The molecule has 1 heterocycles. The quantitative estimate of drug-likeness (QED) is 0.832. The Morgan fingerprint density at radius 1 is 1.26 bits per heavy atom. The summed E-state index contributed by atoms with van der Waals surface area (Å²) in [5, 5.41) is 18.5. The standard InChI is InChI=1S/C13H12BrNO4/c14-7-4-5-10(15-6-7)8-2-1-3-9(12(16)17)11(8)13(18)19/h1-2,4-6,8-9,11H,3H2,(H,16,17)(H,18,19)/t8-,9?,11?/m1/s1. The summed E-state index contributed by atoms with van der Waals surface area (Å²) < 4.78 is 0.790. The summed E-state index contributed by atoms with van der Waals surface area (Å²) in [5.74, 6) is -4.61. The average Bonchev–Trinajstić information content (AvgIpc) is 2.38. The predicted octanol–water partition coefficient (Wildman–Crippen LogP) is 2.29. The van der Waals surface area contributed by atoms with E-state index in [-0.39, 0.29) is 6.42 Å². The number of carboxylic acid groups (broad SMARTS) is 2. The third-order valence-corrected chi connectivity index (χ3v) is 3.72. The Hall–Kier alpha value is -1.69. The lowest BCUT2D eigenvalue weighted by molar-refractivity contribution is -0.154. The molecule has 1 aromatic heterocycles. The van der Waals surface area contributed by atoms with Crippen LogP contribution in [0.25, 0.3) is 0 Å². The molecule has 0 saturated heterocycles. The number of rotatable bonds is 3. The second-order valence-corrected chi connectivity index (χ2v) is 5.32. The highest BCUT2D eigenvalue weighted by Crippen LogP contribution is 2.37. The summed E-state index contributed by atoms with van der Waals surface area (Å²) in [6.07, 6.45) is 5.26. The van der Waals surface area contributed by atoms with Gasteiger partial charge >= 0.3 is 11.9 Å². The number of carboxylic acids is 2. The van der Waals surface area contributed by atoms with Gasteiger partial charge in [0.1, 0.15) is 0 Å². The van der Waals surface area contributed by atoms with E-state index in [1.165, 1.54) is 0 Å². The van der Waals surface area contributed by atoms with E-state index >= 15 is 0 Å². The highest BCUT2D eigenvalue weighted by atomic mass is 79.9. The molecule has 2 N–H and O–H groups in total. The van der Waals surface area contributed by atoms with Crippen molar-refractivity contribution in [2.75, 3.05) is 0 Å². The maximum absolute atomic E-state index is 11.4. The van der Waals surface area contributed by atoms with Crippen molar-refractivity contribution >= 4 is 27.9 Å². The van der Waals surface area contributed by atoms with Crippen molar-refractivity contribution in [1.29, 1.82) is 0 Å². The summed E-state index contributed by atoms with van der Waals surface area (Å²) >= 11 is 3.26. The molecule has 2 rings (SSSR count). The Kier molecular flexibility index (Phi) is 3.99. The molecule has 100 valence electrons. The van der Waals surface area contributed by atoms with Gasteiger partial charge in [-0.3, -0.25) is 14.6 Å². The summed E-state index contributed by atoms with van der Waals surface area (Å²) in [7, 11) is 0. The monoisotopic (exact) mass is 325 g/mol. The van der Waals surface area contributed by atoms with E-state index in [1.54, 1.807) is 30.5 Å². The molecule has 2 unspecified atom stereocenters. The topological polar surface area (TPSA) is 87.5 Å². The lowest BCUT2D eigenvalue weighted by Gasteiger charge is -2.29. The van der Waals surface area contributed by atoms with E-state index in [1.807, 2.05) is 0 Å².